The zero-order valence-corrected chi connectivity index (χ0v) is 8.55. The lowest BCUT2D eigenvalue weighted by molar-refractivity contribution is -0.178. The van der Waals surface area contributed by atoms with Gasteiger partial charge in [0.15, 0.2) is 6.61 Å². The molecule has 4 N–H and O–H groups in total. The third-order valence-corrected chi connectivity index (χ3v) is 1.73. The summed E-state index contributed by atoms with van der Waals surface area (Å²) in [5.41, 5.74) is 5.25. The van der Waals surface area contributed by atoms with Crippen LogP contribution in [0.2, 0.25) is 0 Å². The van der Waals surface area contributed by atoms with Crippen molar-refractivity contribution in [3.8, 4) is 0 Å². The molecule has 7 nitrogen and oxygen atoms in total. The van der Waals surface area contributed by atoms with Crippen LogP contribution >= 0.6 is 0 Å². The van der Waals surface area contributed by atoms with Gasteiger partial charge in [-0.2, -0.15) is 5.06 Å². The van der Waals surface area contributed by atoms with Gasteiger partial charge in [-0.05, 0) is 13.0 Å². The molecule has 0 fully saturated rings. The number of likely N-dealkylation sites (N-methyl/N-ethyl adjacent to an activating group) is 1. The fraction of sp³-hybridized carbons (Fsp3) is 0.750. The van der Waals surface area contributed by atoms with Gasteiger partial charge in [0.2, 0.25) is 0 Å². The average molecular weight is 220 g/mol. The third-order valence-electron chi connectivity index (χ3n) is 1.73. The van der Waals surface area contributed by atoms with E-state index in [1.165, 1.54) is 0 Å². The fourth-order valence-corrected chi connectivity index (χ4v) is 0.996. The van der Waals surface area contributed by atoms with E-state index in [2.05, 4.69) is 4.74 Å². The topological polar surface area (TPSA) is 113 Å². The van der Waals surface area contributed by atoms with Crippen LogP contribution in [0, 0.1) is 0 Å². The Kier molecular flexibility index (Phi) is 6.59. The first-order chi connectivity index (χ1) is 7.02. The van der Waals surface area contributed by atoms with E-state index in [-0.39, 0.29) is 19.5 Å². The van der Waals surface area contributed by atoms with Crippen LogP contribution in [0.1, 0.15) is 13.3 Å². The number of ether oxygens (including phenoxy) is 1. The number of nitrogens with two attached hydrogens (primary N) is 1. The summed E-state index contributed by atoms with van der Waals surface area (Å²) in [4.78, 5) is 21.4. The van der Waals surface area contributed by atoms with Crippen molar-refractivity contribution in [1.29, 1.82) is 0 Å². The van der Waals surface area contributed by atoms with E-state index < -0.39 is 24.6 Å². The van der Waals surface area contributed by atoms with Crippen molar-refractivity contribution in [2.75, 3.05) is 19.7 Å². The van der Waals surface area contributed by atoms with Crippen molar-refractivity contribution >= 4 is 11.9 Å². The van der Waals surface area contributed by atoms with Gasteiger partial charge in [-0.25, -0.2) is 4.79 Å². The van der Waals surface area contributed by atoms with Crippen molar-refractivity contribution in [3.05, 3.63) is 0 Å². The van der Waals surface area contributed by atoms with E-state index in [0.29, 0.717) is 0 Å². The fourth-order valence-electron chi connectivity index (χ4n) is 0.996. The molecule has 0 aromatic rings. The smallest absolute Gasteiger partial charge is 0.341 e. The van der Waals surface area contributed by atoms with Crippen LogP contribution in [-0.4, -0.2) is 53.1 Å². The molecule has 0 unspecified atom stereocenters. The van der Waals surface area contributed by atoms with E-state index in [1.807, 2.05) is 0 Å². The monoisotopic (exact) mass is 220 g/mol. The Bertz CT molecular complexity index is 221. The van der Waals surface area contributed by atoms with Crippen molar-refractivity contribution < 1.29 is 24.6 Å². The summed E-state index contributed by atoms with van der Waals surface area (Å²) in [5, 5.41) is 18.4. The SMILES string of the molecule is CCN(O)[C@@H](CCN)C(=O)OCC(=O)O. The number of hydrogen-bond acceptors (Lipinski definition) is 6. The summed E-state index contributed by atoms with van der Waals surface area (Å²) >= 11 is 0. The number of aliphatic carboxylic acids is 1. The van der Waals surface area contributed by atoms with Crippen LogP contribution < -0.4 is 5.73 Å². The van der Waals surface area contributed by atoms with Crippen molar-refractivity contribution in [3.63, 3.8) is 0 Å². The first-order valence-electron chi connectivity index (χ1n) is 4.56. The molecule has 7 heteroatoms. The number of carbonyl (C=O) groups excluding carboxylic acids is 1. The van der Waals surface area contributed by atoms with Gasteiger partial charge in [-0.1, -0.05) is 6.92 Å². The number of hydroxylamine groups is 2. The first kappa shape index (κ1) is 13.8. The Balaban J connectivity index is 4.21. The second kappa shape index (κ2) is 7.16. The number of carbonyl (C=O) groups is 2. The van der Waals surface area contributed by atoms with E-state index in [9.17, 15) is 14.8 Å². The highest BCUT2D eigenvalue weighted by molar-refractivity contribution is 5.78. The average Bonchev–Trinajstić information content (AvgIpc) is 2.21. The van der Waals surface area contributed by atoms with Crippen LogP contribution in [-0.2, 0) is 14.3 Å². The molecular formula is C8H16N2O5. The third kappa shape index (κ3) is 5.31. The zero-order valence-electron chi connectivity index (χ0n) is 8.55. The van der Waals surface area contributed by atoms with Crippen molar-refractivity contribution in [1.82, 2.24) is 5.06 Å². The highest BCUT2D eigenvalue weighted by Gasteiger charge is 2.25. The second-order valence-corrected chi connectivity index (χ2v) is 2.85. The van der Waals surface area contributed by atoms with Gasteiger partial charge in [-0.3, -0.25) is 4.79 Å². The molecule has 0 heterocycles. The van der Waals surface area contributed by atoms with Gasteiger partial charge in [-0.15, -0.1) is 0 Å². The van der Waals surface area contributed by atoms with Gasteiger partial charge in [0.1, 0.15) is 6.04 Å². The molecule has 0 amide bonds. The Hall–Kier alpha value is -1.18. The molecule has 0 aromatic carbocycles. The maximum absolute atomic E-state index is 11.3. The second-order valence-electron chi connectivity index (χ2n) is 2.85. The summed E-state index contributed by atoms with van der Waals surface area (Å²) in [5.74, 6) is -2.02. The zero-order chi connectivity index (χ0) is 11.8. The van der Waals surface area contributed by atoms with E-state index >= 15 is 0 Å². The Morgan fingerprint density at radius 2 is 2.13 bits per heavy atom. The molecule has 0 radical (unpaired) electrons. The predicted octanol–water partition coefficient (Wildman–Crippen LogP) is -0.957. The summed E-state index contributed by atoms with van der Waals surface area (Å²) in [6.07, 6.45) is 0.211. The van der Waals surface area contributed by atoms with Crippen LogP contribution in [0.5, 0.6) is 0 Å². The van der Waals surface area contributed by atoms with Crippen molar-refractivity contribution in [2.45, 2.75) is 19.4 Å². The van der Waals surface area contributed by atoms with Crippen LogP contribution in [0.15, 0.2) is 0 Å². The predicted molar refractivity (Wildman–Crippen MR) is 50.2 cm³/mol. The molecule has 15 heavy (non-hydrogen) atoms. The Morgan fingerprint density at radius 3 is 2.53 bits per heavy atom. The molecule has 0 aliphatic heterocycles. The number of hydrogen-bond donors (Lipinski definition) is 3. The van der Waals surface area contributed by atoms with Gasteiger partial charge >= 0.3 is 11.9 Å². The minimum Gasteiger partial charge on any atom is -0.479 e. The van der Waals surface area contributed by atoms with Gasteiger partial charge in [0.25, 0.3) is 0 Å². The summed E-state index contributed by atoms with van der Waals surface area (Å²) in [6, 6.07) is -0.903. The molecule has 0 rings (SSSR count). The largest absolute Gasteiger partial charge is 0.479 e. The molecule has 0 spiro atoms. The minimum absolute atomic E-state index is 0.198. The molecule has 1 atom stereocenters. The standard InChI is InChI=1S/C8H16N2O5/c1-2-10(14)6(3-4-9)8(13)15-5-7(11)12/h6,14H,2-5,9H2,1H3,(H,11,12)/t6-/m0/s1. The minimum atomic E-state index is -1.24. The first-order valence-corrected chi connectivity index (χ1v) is 4.56. The number of carboxylic acid groups (broad SMARTS) is 1. The number of rotatable bonds is 7. The van der Waals surface area contributed by atoms with Crippen LogP contribution in [0.25, 0.3) is 0 Å². The van der Waals surface area contributed by atoms with Crippen LogP contribution in [0.4, 0.5) is 0 Å². The molecular weight excluding hydrogens is 204 g/mol. The number of carboxylic acids is 1. The highest BCUT2D eigenvalue weighted by Crippen LogP contribution is 2.03. The normalized spacial score (nSPS) is 12.5. The lowest BCUT2D eigenvalue weighted by atomic mass is 10.2. The number of nitrogens with zero attached hydrogens (tertiary/aromatic N) is 1. The molecule has 0 bridgehead atoms. The quantitative estimate of drug-likeness (QED) is 0.374. The van der Waals surface area contributed by atoms with Gasteiger partial charge in [0, 0.05) is 6.54 Å². The lowest BCUT2D eigenvalue weighted by Gasteiger charge is -2.22. The highest BCUT2D eigenvalue weighted by atomic mass is 16.6. The molecule has 0 aliphatic rings. The summed E-state index contributed by atoms with van der Waals surface area (Å²) < 4.78 is 4.45. The lowest BCUT2D eigenvalue weighted by Crippen LogP contribution is -2.41. The molecule has 0 saturated carbocycles. The molecule has 0 saturated heterocycles. The maximum Gasteiger partial charge on any atom is 0.341 e. The maximum atomic E-state index is 11.3. The molecule has 0 aromatic heterocycles. The molecule has 88 valence electrons. The van der Waals surface area contributed by atoms with E-state index in [1.54, 1.807) is 6.92 Å². The van der Waals surface area contributed by atoms with Gasteiger partial charge in [0.05, 0.1) is 0 Å². The molecule has 0 aliphatic carbocycles. The summed E-state index contributed by atoms with van der Waals surface area (Å²) in [6.45, 7) is 1.36. The summed E-state index contributed by atoms with van der Waals surface area (Å²) in [7, 11) is 0. The Labute approximate surface area is 87.4 Å². The van der Waals surface area contributed by atoms with Crippen molar-refractivity contribution in [2.24, 2.45) is 5.73 Å². The van der Waals surface area contributed by atoms with Crippen LogP contribution in [0.3, 0.4) is 0 Å². The van der Waals surface area contributed by atoms with Gasteiger partial charge < -0.3 is 20.8 Å². The number of esters is 1. The van der Waals surface area contributed by atoms with E-state index in [4.69, 9.17) is 10.8 Å². The van der Waals surface area contributed by atoms with E-state index in [0.717, 1.165) is 5.06 Å². The Morgan fingerprint density at radius 1 is 1.53 bits per heavy atom.